The number of para-hydroxylation sites is 2. The monoisotopic (exact) mass is 181 g/mol. The number of rotatable bonds is 3. The number of amides is 1. The molecule has 0 aliphatic rings. The van der Waals surface area contributed by atoms with Gasteiger partial charge in [-0.15, -0.1) is 0 Å². The summed E-state index contributed by atoms with van der Waals surface area (Å²) in [6, 6.07) is 7.00. The van der Waals surface area contributed by atoms with Crippen LogP contribution in [-0.4, -0.2) is 24.7 Å². The maximum absolute atomic E-state index is 10.8. The van der Waals surface area contributed by atoms with Crippen LogP contribution in [0.2, 0.25) is 0 Å². The molecule has 0 saturated carbocycles. The number of hydrogen-bond donors (Lipinski definition) is 2. The first-order chi connectivity index (χ1) is 6.27. The van der Waals surface area contributed by atoms with Crippen LogP contribution in [-0.2, 0) is 4.79 Å². The van der Waals surface area contributed by atoms with Crippen molar-refractivity contribution >= 4 is 11.6 Å². The standard InChI is InChI=1S/C9H11NO3/c1-13-8-5-3-2-4-7(8)10-9(12)6-11/h2-5,11H,6H2,1H3,(H,10,12). The van der Waals surface area contributed by atoms with Gasteiger partial charge in [0.1, 0.15) is 12.4 Å². The lowest BCUT2D eigenvalue weighted by Crippen LogP contribution is -2.15. The number of hydrogen-bond acceptors (Lipinski definition) is 3. The van der Waals surface area contributed by atoms with Gasteiger partial charge in [-0.2, -0.15) is 0 Å². The third-order valence-corrected chi connectivity index (χ3v) is 1.52. The second-order valence-electron chi connectivity index (χ2n) is 2.41. The molecule has 0 aliphatic heterocycles. The minimum Gasteiger partial charge on any atom is -0.495 e. The van der Waals surface area contributed by atoms with E-state index in [1.165, 1.54) is 7.11 Å². The molecule has 0 aliphatic carbocycles. The molecule has 13 heavy (non-hydrogen) atoms. The van der Waals surface area contributed by atoms with Gasteiger partial charge < -0.3 is 15.2 Å². The molecule has 0 bridgehead atoms. The number of carbonyl (C=O) groups excluding carboxylic acids is 1. The summed E-state index contributed by atoms with van der Waals surface area (Å²) >= 11 is 0. The molecule has 0 fully saturated rings. The maximum atomic E-state index is 10.8. The van der Waals surface area contributed by atoms with Gasteiger partial charge in [-0.25, -0.2) is 0 Å². The Labute approximate surface area is 76.1 Å². The van der Waals surface area contributed by atoms with Crippen molar-refractivity contribution in [2.75, 3.05) is 19.0 Å². The summed E-state index contributed by atoms with van der Waals surface area (Å²) in [5.74, 6) is 0.119. The third-order valence-electron chi connectivity index (χ3n) is 1.52. The first kappa shape index (κ1) is 9.54. The van der Waals surface area contributed by atoms with Gasteiger partial charge in [-0.05, 0) is 12.1 Å². The van der Waals surface area contributed by atoms with Gasteiger partial charge >= 0.3 is 0 Å². The van der Waals surface area contributed by atoms with Crippen LogP contribution in [0.15, 0.2) is 24.3 Å². The average Bonchev–Trinajstić information content (AvgIpc) is 2.18. The summed E-state index contributed by atoms with van der Waals surface area (Å²) in [5.41, 5.74) is 0.559. The summed E-state index contributed by atoms with van der Waals surface area (Å²) in [6.45, 7) is -0.530. The molecule has 0 atom stereocenters. The van der Waals surface area contributed by atoms with Crippen molar-refractivity contribution in [2.45, 2.75) is 0 Å². The zero-order chi connectivity index (χ0) is 9.68. The lowest BCUT2D eigenvalue weighted by Gasteiger charge is -2.07. The van der Waals surface area contributed by atoms with E-state index in [-0.39, 0.29) is 0 Å². The van der Waals surface area contributed by atoms with Crippen LogP contribution in [0, 0.1) is 0 Å². The van der Waals surface area contributed by atoms with Crippen molar-refractivity contribution in [3.8, 4) is 5.75 Å². The van der Waals surface area contributed by atoms with E-state index in [0.29, 0.717) is 11.4 Å². The molecule has 4 nitrogen and oxygen atoms in total. The van der Waals surface area contributed by atoms with Crippen molar-refractivity contribution in [2.24, 2.45) is 0 Å². The summed E-state index contributed by atoms with van der Waals surface area (Å²) in [7, 11) is 1.52. The van der Waals surface area contributed by atoms with E-state index < -0.39 is 12.5 Å². The molecule has 1 rings (SSSR count). The van der Waals surface area contributed by atoms with Crippen LogP contribution < -0.4 is 10.1 Å². The summed E-state index contributed by atoms with van der Waals surface area (Å²) in [6.07, 6.45) is 0. The molecule has 1 amide bonds. The first-order valence-corrected chi connectivity index (χ1v) is 3.81. The molecule has 0 radical (unpaired) electrons. The molecule has 0 heterocycles. The van der Waals surface area contributed by atoms with Crippen LogP contribution in [0.5, 0.6) is 5.75 Å². The van der Waals surface area contributed by atoms with E-state index in [1.54, 1.807) is 24.3 Å². The second kappa shape index (κ2) is 4.47. The summed E-state index contributed by atoms with van der Waals surface area (Å²) < 4.78 is 4.99. The van der Waals surface area contributed by atoms with Crippen LogP contribution in [0.4, 0.5) is 5.69 Å². The van der Waals surface area contributed by atoms with Crippen molar-refractivity contribution in [1.29, 1.82) is 0 Å². The Morgan fingerprint density at radius 1 is 1.54 bits per heavy atom. The van der Waals surface area contributed by atoms with Crippen LogP contribution >= 0.6 is 0 Å². The van der Waals surface area contributed by atoms with Gasteiger partial charge in [0, 0.05) is 0 Å². The molecule has 0 unspecified atom stereocenters. The number of nitrogens with one attached hydrogen (secondary N) is 1. The van der Waals surface area contributed by atoms with E-state index >= 15 is 0 Å². The fraction of sp³-hybridized carbons (Fsp3) is 0.222. The number of ether oxygens (including phenoxy) is 1. The van der Waals surface area contributed by atoms with Gasteiger partial charge in [0.05, 0.1) is 12.8 Å². The minimum atomic E-state index is -0.530. The highest BCUT2D eigenvalue weighted by molar-refractivity contribution is 5.92. The van der Waals surface area contributed by atoms with E-state index in [4.69, 9.17) is 9.84 Å². The van der Waals surface area contributed by atoms with Crippen LogP contribution in [0.25, 0.3) is 0 Å². The quantitative estimate of drug-likeness (QED) is 0.718. The van der Waals surface area contributed by atoms with Crippen molar-refractivity contribution in [3.05, 3.63) is 24.3 Å². The fourth-order valence-corrected chi connectivity index (χ4v) is 0.938. The summed E-state index contributed by atoms with van der Waals surface area (Å²) in [4.78, 5) is 10.8. The summed E-state index contributed by atoms with van der Waals surface area (Å²) in [5, 5.41) is 11.0. The Morgan fingerprint density at radius 3 is 2.85 bits per heavy atom. The zero-order valence-electron chi connectivity index (χ0n) is 7.28. The molecule has 0 saturated heterocycles. The largest absolute Gasteiger partial charge is 0.495 e. The number of carbonyl (C=O) groups is 1. The number of aliphatic hydroxyl groups excluding tert-OH is 1. The number of methoxy groups -OCH3 is 1. The molecule has 0 spiro atoms. The predicted octanol–water partition coefficient (Wildman–Crippen LogP) is 0.626. The highest BCUT2D eigenvalue weighted by Gasteiger charge is 2.04. The number of benzene rings is 1. The van der Waals surface area contributed by atoms with Gasteiger partial charge in [0.25, 0.3) is 0 Å². The average molecular weight is 181 g/mol. The second-order valence-corrected chi connectivity index (χ2v) is 2.41. The highest BCUT2D eigenvalue weighted by atomic mass is 16.5. The Balaban J connectivity index is 2.81. The molecule has 1 aromatic rings. The highest BCUT2D eigenvalue weighted by Crippen LogP contribution is 2.22. The first-order valence-electron chi connectivity index (χ1n) is 3.81. The van der Waals surface area contributed by atoms with Crippen molar-refractivity contribution < 1.29 is 14.6 Å². The number of aliphatic hydroxyl groups is 1. The number of anilines is 1. The maximum Gasteiger partial charge on any atom is 0.250 e. The van der Waals surface area contributed by atoms with E-state index in [1.807, 2.05) is 0 Å². The smallest absolute Gasteiger partial charge is 0.250 e. The molecular formula is C9H11NO3. The third kappa shape index (κ3) is 2.45. The lowest BCUT2D eigenvalue weighted by molar-refractivity contribution is -0.118. The van der Waals surface area contributed by atoms with Crippen molar-refractivity contribution in [3.63, 3.8) is 0 Å². The van der Waals surface area contributed by atoms with E-state index in [2.05, 4.69) is 5.32 Å². The molecule has 0 aromatic heterocycles. The Kier molecular flexibility index (Phi) is 3.28. The van der Waals surface area contributed by atoms with E-state index in [9.17, 15) is 4.79 Å². The normalized spacial score (nSPS) is 9.38. The predicted molar refractivity (Wildman–Crippen MR) is 48.7 cm³/mol. The molecule has 70 valence electrons. The van der Waals surface area contributed by atoms with Crippen LogP contribution in [0.1, 0.15) is 0 Å². The molecule has 4 heteroatoms. The molecular weight excluding hydrogens is 170 g/mol. The minimum absolute atomic E-state index is 0.454. The Bertz CT molecular complexity index is 299. The van der Waals surface area contributed by atoms with Crippen LogP contribution in [0.3, 0.4) is 0 Å². The molecule has 2 N–H and O–H groups in total. The van der Waals surface area contributed by atoms with Gasteiger partial charge in [-0.1, -0.05) is 12.1 Å². The van der Waals surface area contributed by atoms with E-state index in [0.717, 1.165) is 0 Å². The van der Waals surface area contributed by atoms with Gasteiger partial charge in [-0.3, -0.25) is 4.79 Å². The Morgan fingerprint density at radius 2 is 2.23 bits per heavy atom. The topological polar surface area (TPSA) is 58.6 Å². The van der Waals surface area contributed by atoms with Gasteiger partial charge in [0.15, 0.2) is 0 Å². The molecule has 1 aromatic carbocycles. The Hall–Kier alpha value is -1.55. The fourth-order valence-electron chi connectivity index (χ4n) is 0.938. The zero-order valence-corrected chi connectivity index (χ0v) is 7.28. The van der Waals surface area contributed by atoms with Crippen molar-refractivity contribution in [1.82, 2.24) is 0 Å². The SMILES string of the molecule is COc1ccccc1NC(=O)CO. The lowest BCUT2D eigenvalue weighted by atomic mass is 10.3. The van der Waals surface area contributed by atoms with Gasteiger partial charge in [0.2, 0.25) is 5.91 Å².